The predicted molar refractivity (Wildman–Crippen MR) is 67.6 cm³/mol. The first-order chi connectivity index (χ1) is 7.15. The van der Waals surface area contributed by atoms with Crippen molar-refractivity contribution in [1.82, 2.24) is 9.80 Å². The maximum Gasteiger partial charge on any atom is 0.136 e. The maximum absolute atomic E-state index is 11.5. The Morgan fingerprint density at radius 3 is 2.31 bits per heavy atom. The van der Waals surface area contributed by atoms with E-state index in [0.717, 1.165) is 26.2 Å². The van der Waals surface area contributed by atoms with E-state index < -0.39 is 0 Å². The summed E-state index contributed by atoms with van der Waals surface area (Å²) in [5.41, 5.74) is -0.00287. The van der Waals surface area contributed by atoms with E-state index in [4.69, 9.17) is 0 Å². The monoisotopic (exact) mass is 226 g/mol. The van der Waals surface area contributed by atoms with Gasteiger partial charge in [-0.2, -0.15) is 0 Å². The van der Waals surface area contributed by atoms with Crippen molar-refractivity contribution in [2.75, 3.05) is 33.2 Å². The van der Waals surface area contributed by atoms with Crippen molar-refractivity contribution in [2.45, 2.75) is 40.2 Å². The Morgan fingerprint density at radius 1 is 1.31 bits per heavy atom. The second kappa shape index (κ2) is 4.46. The van der Waals surface area contributed by atoms with Gasteiger partial charge in [0.1, 0.15) is 5.78 Å². The van der Waals surface area contributed by atoms with E-state index in [0.29, 0.717) is 0 Å². The molecule has 0 aromatic rings. The molecule has 1 heterocycles. The molecule has 0 radical (unpaired) electrons. The van der Waals surface area contributed by atoms with Crippen molar-refractivity contribution in [3.05, 3.63) is 0 Å². The van der Waals surface area contributed by atoms with E-state index in [2.05, 4.69) is 30.7 Å². The molecular formula is C13H26N2O. The number of likely N-dealkylation sites (N-methyl/N-ethyl adjacent to an activating group) is 1. The van der Waals surface area contributed by atoms with E-state index in [-0.39, 0.29) is 16.7 Å². The van der Waals surface area contributed by atoms with Crippen LogP contribution in [0.1, 0.15) is 34.6 Å². The van der Waals surface area contributed by atoms with Crippen LogP contribution in [0.3, 0.4) is 0 Å². The Bertz CT molecular complexity index is 271. The minimum absolute atomic E-state index is 0.213. The van der Waals surface area contributed by atoms with E-state index in [1.165, 1.54) is 0 Å². The van der Waals surface area contributed by atoms with E-state index in [9.17, 15) is 4.79 Å². The third-order valence-electron chi connectivity index (χ3n) is 3.97. The molecule has 0 amide bonds. The first-order valence-electron chi connectivity index (χ1n) is 6.10. The number of carbonyl (C=O) groups excluding carboxylic acids is 1. The third kappa shape index (κ3) is 3.05. The molecule has 0 aromatic carbocycles. The fourth-order valence-electron chi connectivity index (χ4n) is 2.15. The fourth-order valence-corrected chi connectivity index (χ4v) is 2.15. The highest BCUT2D eigenvalue weighted by Crippen LogP contribution is 2.24. The predicted octanol–water partition coefficient (Wildman–Crippen LogP) is 1.63. The summed E-state index contributed by atoms with van der Waals surface area (Å²) in [6.07, 6.45) is 0. The molecule has 1 rings (SSSR count). The molecule has 0 atom stereocenters. The third-order valence-corrected chi connectivity index (χ3v) is 3.97. The van der Waals surface area contributed by atoms with Crippen LogP contribution < -0.4 is 0 Å². The van der Waals surface area contributed by atoms with E-state index in [1.807, 2.05) is 13.8 Å². The number of nitrogens with zero attached hydrogens (tertiary/aromatic N) is 2. The van der Waals surface area contributed by atoms with Gasteiger partial charge < -0.3 is 0 Å². The molecule has 0 unspecified atom stereocenters. The summed E-state index contributed by atoms with van der Waals surface area (Å²) in [6, 6.07) is 0. The van der Waals surface area contributed by atoms with Crippen molar-refractivity contribution >= 4 is 5.78 Å². The van der Waals surface area contributed by atoms with Crippen molar-refractivity contribution in [2.24, 2.45) is 5.41 Å². The number of rotatable bonds is 3. The second-order valence-corrected chi connectivity index (χ2v) is 6.38. The Kier molecular flexibility index (Phi) is 3.80. The molecule has 3 nitrogen and oxygen atoms in total. The molecule has 3 heteroatoms. The Hall–Kier alpha value is -0.410. The lowest BCUT2D eigenvalue weighted by molar-refractivity contribution is -0.126. The number of hydrogen-bond acceptors (Lipinski definition) is 3. The van der Waals surface area contributed by atoms with Crippen molar-refractivity contribution < 1.29 is 4.79 Å². The van der Waals surface area contributed by atoms with Gasteiger partial charge in [-0.05, 0) is 27.8 Å². The Labute approximate surface area is 99.8 Å². The molecule has 0 aromatic heterocycles. The molecule has 1 fully saturated rings. The average Bonchev–Trinajstić information content (AvgIpc) is 2.10. The zero-order chi connectivity index (χ0) is 12.6. The minimum atomic E-state index is -0.216. The molecule has 0 aliphatic carbocycles. The highest BCUT2D eigenvalue weighted by atomic mass is 16.1. The minimum Gasteiger partial charge on any atom is -0.299 e. The maximum atomic E-state index is 11.5. The molecule has 0 bridgehead atoms. The summed E-state index contributed by atoms with van der Waals surface area (Å²) in [5, 5.41) is 0. The Balaban J connectivity index is 2.61. The highest BCUT2D eigenvalue weighted by molar-refractivity contribution is 5.81. The highest BCUT2D eigenvalue weighted by Gasteiger charge is 2.34. The number of Topliss-reactive ketones (excluding diaryl/α,β-unsaturated/α-hetero) is 1. The SMILES string of the molecule is CC(=O)C(C)(C)CN1CCN(C)C(C)(C)C1. The molecule has 0 N–H and O–H groups in total. The van der Waals surface area contributed by atoms with Crippen molar-refractivity contribution in [1.29, 1.82) is 0 Å². The van der Waals surface area contributed by atoms with Crippen molar-refractivity contribution in [3.8, 4) is 0 Å². The standard InChI is InChI=1S/C13H26N2O/c1-11(16)12(2,3)9-15-8-7-14(6)13(4,5)10-15/h7-10H2,1-6H3. The van der Waals surface area contributed by atoms with Crippen LogP contribution in [-0.4, -0.2) is 54.3 Å². The molecule has 0 spiro atoms. The van der Waals surface area contributed by atoms with Crippen LogP contribution in [0.2, 0.25) is 0 Å². The second-order valence-electron chi connectivity index (χ2n) is 6.38. The average molecular weight is 226 g/mol. The summed E-state index contributed by atoms with van der Waals surface area (Å²) >= 11 is 0. The van der Waals surface area contributed by atoms with Gasteiger partial charge in [0.15, 0.2) is 0 Å². The molecule has 16 heavy (non-hydrogen) atoms. The summed E-state index contributed by atoms with van der Waals surface area (Å²) in [4.78, 5) is 16.3. The van der Waals surface area contributed by atoms with Gasteiger partial charge in [-0.1, -0.05) is 13.8 Å². The van der Waals surface area contributed by atoms with Gasteiger partial charge in [0.25, 0.3) is 0 Å². The van der Waals surface area contributed by atoms with Crippen LogP contribution in [0.5, 0.6) is 0 Å². The van der Waals surface area contributed by atoms with Gasteiger partial charge in [-0.15, -0.1) is 0 Å². The normalized spacial score (nSPS) is 23.4. The summed E-state index contributed by atoms with van der Waals surface area (Å²) in [6.45, 7) is 14.4. The van der Waals surface area contributed by atoms with Gasteiger partial charge in [0, 0.05) is 37.1 Å². The lowest BCUT2D eigenvalue weighted by atomic mass is 9.87. The van der Waals surface area contributed by atoms with Crippen LogP contribution in [0.4, 0.5) is 0 Å². The number of carbonyl (C=O) groups is 1. The van der Waals surface area contributed by atoms with Gasteiger partial charge in [-0.3, -0.25) is 14.6 Å². The molecule has 1 saturated heterocycles. The largest absolute Gasteiger partial charge is 0.299 e. The lowest BCUT2D eigenvalue weighted by Crippen LogP contribution is -2.59. The van der Waals surface area contributed by atoms with E-state index in [1.54, 1.807) is 6.92 Å². The number of hydrogen-bond donors (Lipinski definition) is 0. The summed E-state index contributed by atoms with van der Waals surface area (Å²) < 4.78 is 0. The van der Waals surface area contributed by atoms with Crippen LogP contribution >= 0.6 is 0 Å². The number of ketones is 1. The fraction of sp³-hybridized carbons (Fsp3) is 0.923. The summed E-state index contributed by atoms with van der Waals surface area (Å²) in [5.74, 6) is 0.282. The topological polar surface area (TPSA) is 23.6 Å². The van der Waals surface area contributed by atoms with Crippen LogP contribution in [0, 0.1) is 5.41 Å². The van der Waals surface area contributed by atoms with Gasteiger partial charge in [0.05, 0.1) is 0 Å². The van der Waals surface area contributed by atoms with Crippen LogP contribution in [0.15, 0.2) is 0 Å². The molecular weight excluding hydrogens is 200 g/mol. The smallest absolute Gasteiger partial charge is 0.136 e. The molecule has 94 valence electrons. The Morgan fingerprint density at radius 2 is 1.88 bits per heavy atom. The quantitative estimate of drug-likeness (QED) is 0.731. The van der Waals surface area contributed by atoms with E-state index >= 15 is 0 Å². The molecule has 0 saturated carbocycles. The van der Waals surface area contributed by atoms with Gasteiger partial charge in [0.2, 0.25) is 0 Å². The lowest BCUT2D eigenvalue weighted by Gasteiger charge is -2.47. The number of piperazine rings is 1. The zero-order valence-electron chi connectivity index (χ0n) is 11.6. The zero-order valence-corrected chi connectivity index (χ0v) is 11.6. The van der Waals surface area contributed by atoms with Crippen LogP contribution in [0.25, 0.3) is 0 Å². The van der Waals surface area contributed by atoms with Crippen LogP contribution in [-0.2, 0) is 4.79 Å². The molecule has 1 aliphatic rings. The van der Waals surface area contributed by atoms with Gasteiger partial charge >= 0.3 is 0 Å². The summed E-state index contributed by atoms with van der Waals surface area (Å²) in [7, 11) is 2.17. The van der Waals surface area contributed by atoms with Crippen molar-refractivity contribution in [3.63, 3.8) is 0 Å². The first-order valence-corrected chi connectivity index (χ1v) is 6.10. The first kappa shape index (κ1) is 13.7. The molecule has 1 aliphatic heterocycles. The van der Waals surface area contributed by atoms with Gasteiger partial charge in [-0.25, -0.2) is 0 Å².